The third kappa shape index (κ3) is 8.02. The summed E-state index contributed by atoms with van der Waals surface area (Å²) in [5.74, 6) is 3.42. The Morgan fingerprint density at radius 2 is 1.33 bits per heavy atom. The average molecular weight is 639 g/mol. The lowest BCUT2D eigenvalue weighted by atomic mass is 10.0. The van der Waals surface area contributed by atoms with Crippen LogP contribution in [0.25, 0.3) is 0 Å². The van der Waals surface area contributed by atoms with Crippen molar-refractivity contribution in [2.75, 3.05) is 20.8 Å². The minimum Gasteiger partial charge on any atom is -0.508 e. The van der Waals surface area contributed by atoms with E-state index >= 15 is 0 Å². The number of phenols is 1. The fourth-order valence-corrected chi connectivity index (χ4v) is 3.90. The summed E-state index contributed by atoms with van der Waals surface area (Å²) in [4.78, 5) is 0. The van der Waals surface area contributed by atoms with Gasteiger partial charge in [-0.25, -0.2) is 0 Å². The fourth-order valence-electron chi connectivity index (χ4n) is 2.57. The third-order valence-electron chi connectivity index (χ3n) is 4.12. The van der Waals surface area contributed by atoms with Gasteiger partial charge in [-0.2, -0.15) is 5.26 Å². The molecule has 0 aliphatic rings. The van der Waals surface area contributed by atoms with Crippen molar-refractivity contribution in [2.45, 2.75) is 47.0 Å². The molecule has 0 bridgehead atoms. The highest BCUT2D eigenvalue weighted by atomic mass is 127. The molecule has 0 aliphatic heterocycles. The van der Waals surface area contributed by atoms with Crippen LogP contribution in [0.1, 0.15) is 58.1 Å². The van der Waals surface area contributed by atoms with Gasteiger partial charge in [-0.3, -0.25) is 0 Å². The maximum Gasteiger partial charge on any atom is 0.174 e. The molecule has 0 saturated heterocycles. The predicted molar refractivity (Wildman–Crippen MR) is 139 cm³/mol. The number of nitriles is 1. The summed E-state index contributed by atoms with van der Waals surface area (Å²) < 4.78 is 17.8. The van der Waals surface area contributed by atoms with E-state index in [9.17, 15) is 5.11 Å². The van der Waals surface area contributed by atoms with Crippen LogP contribution in [0, 0.1) is 18.5 Å². The van der Waals surface area contributed by atoms with Crippen molar-refractivity contribution in [3.05, 3.63) is 42.5 Å². The number of rotatable bonds is 6. The lowest BCUT2D eigenvalue weighted by Crippen LogP contribution is -2.01. The Morgan fingerprint density at radius 1 is 0.867 bits per heavy atom. The maximum atomic E-state index is 9.62. The van der Waals surface area contributed by atoms with Crippen molar-refractivity contribution < 1.29 is 19.3 Å². The number of methoxy groups -OCH3 is 2. The molecule has 0 heterocycles. The highest BCUT2D eigenvalue weighted by Gasteiger charge is 2.13. The van der Waals surface area contributed by atoms with Crippen molar-refractivity contribution in [3.8, 4) is 29.1 Å². The van der Waals surface area contributed by atoms with Gasteiger partial charge in [0, 0.05) is 11.1 Å². The second-order valence-electron chi connectivity index (χ2n) is 6.83. The molecule has 7 heteroatoms. The first-order valence-corrected chi connectivity index (χ1v) is 11.2. The highest BCUT2D eigenvalue weighted by molar-refractivity contribution is 14.1. The normalized spacial score (nSPS) is 9.90. The molecule has 166 valence electrons. The third-order valence-corrected chi connectivity index (χ3v) is 5.81. The fraction of sp³-hybridized carbons (Fsp3) is 0.435. The van der Waals surface area contributed by atoms with Crippen LogP contribution in [-0.4, -0.2) is 25.9 Å². The molecule has 0 radical (unpaired) electrons. The molecule has 0 unspecified atom stereocenters. The standard InChI is InChI=1S/C12H14INO2.C10H13IO2.CH4/c1-8(2)9-6-12(15-3)10(13)7-11(9)16-5-4-14;1-6(2)7-4-10(13-3)8(11)5-9(7)12;/h6-8H,5H2,1-3H3;4-6,12H,1-3H3;1H4. The van der Waals surface area contributed by atoms with E-state index in [1.807, 2.05) is 38.1 Å². The van der Waals surface area contributed by atoms with Crippen LogP contribution in [0.2, 0.25) is 0 Å². The van der Waals surface area contributed by atoms with Gasteiger partial charge in [-0.15, -0.1) is 0 Å². The van der Waals surface area contributed by atoms with E-state index in [1.165, 1.54) is 0 Å². The number of aromatic hydroxyl groups is 1. The molecule has 2 aromatic rings. The summed E-state index contributed by atoms with van der Waals surface area (Å²) >= 11 is 4.33. The molecule has 0 aromatic heterocycles. The zero-order valence-corrected chi connectivity index (χ0v) is 21.9. The first-order chi connectivity index (χ1) is 13.7. The van der Waals surface area contributed by atoms with Crippen molar-refractivity contribution in [3.63, 3.8) is 0 Å². The molecule has 0 atom stereocenters. The van der Waals surface area contributed by atoms with Gasteiger partial charge in [0.2, 0.25) is 0 Å². The van der Waals surface area contributed by atoms with Gasteiger partial charge in [-0.1, -0.05) is 35.1 Å². The molecular formula is C23H31I2NO4. The second-order valence-corrected chi connectivity index (χ2v) is 9.15. The van der Waals surface area contributed by atoms with Gasteiger partial charge in [0.15, 0.2) is 6.61 Å². The van der Waals surface area contributed by atoms with Gasteiger partial charge < -0.3 is 19.3 Å². The summed E-state index contributed by atoms with van der Waals surface area (Å²) in [6.45, 7) is 8.33. The van der Waals surface area contributed by atoms with Crippen molar-refractivity contribution >= 4 is 45.2 Å². The zero-order chi connectivity index (χ0) is 22.1. The summed E-state index contributed by atoms with van der Waals surface area (Å²) in [5, 5.41) is 18.1. The molecule has 0 spiro atoms. The van der Waals surface area contributed by atoms with Crippen molar-refractivity contribution in [1.82, 2.24) is 0 Å². The van der Waals surface area contributed by atoms with Crippen LogP contribution in [0.5, 0.6) is 23.0 Å². The number of ether oxygens (including phenoxy) is 3. The van der Waals surface area contributed by atoms with E-state index in [4.69, 9.17) is 19.5 Å². The van der Waals surface area contributed by atoms with Gasteiger partial charge in [0.1, 0.15) is 29.1 Å². The minimum absolute atomic E-state index is 0. The largest absolute Gasteiger partial charge is 0.508 e. The first-order valence-electron chi connectivity index (χ1n) is 9.09. The van der Waals surface area contributed by atoms with E-state index in [2.05, 4.69) is 59.0 Å². The molecule has 1 N–H and O–H groups in total. The smallest absolute Gasteiger partial charge is 0.174 e. The zero-order valence-electron chi connectivity index (χ0n) is 17.5. The van der Waals surface area contributed by atoms with Crippen molar-refractivity contribution in [2.24, 2.45) is 0 Å². The minimum atomic E-state index is 0. The van der Waals surface area contributed by atoms with Crippen LogP contribution < -0.4 is 14.2 Å². The summed E-state index contributed by atoms with van der Waals surface area (Å²) in [6.07, 6.45) is 0. The molecule has 5 nitrogen and oxygen atoms in total. The van der Waals surface area contributed by atoms with E-state index in [-0.39, 0.29) is 14.0 Å². The van der Waals surface area contributed by atoms with Crippen LogP contribution in [0.4, 0.5) is 0 Å². The highest BCUT2D eigenvalue weighted by Crippen LogP contribution is 2.34. The lowest BCUT2D eigenvalue weighted by molar-refractivity contribution is 0.359. The van der Waals surface area contributed by atoms with Gasteiger partial charge >= 0.3 is 0 Å². The van der Waals surface area contributed by atoms with Crippen LogP contribution in [0.3, 0.4) is 0 Å². The molecule has 0 saturated carbocycles. The van der Waals surface area contributed by atoms with Crippen molar-refractivity contribution in [1.29, 1.82) is 5.26 Å². The Morgan fingerprint density at radius 3 is 1.77 bits per heavy atom. The predicted octanol–water partition coefficient (Wildman–Crippen LogP) is 7.09. The van der Waals surface area contributed by atoms with Gasteiger partial charge in [0.25, 0.3) is 0 Å². The SMILES string of the molecule is C.COc1cc(C(C)C)c(O)cc1I.COc1cc(C(C)C)c(OCC#N)cc1I. The van der Waals surface area contributed by atoms with Gasteiger partial charge in [-0.05, 0) is 81.3 Å². The molecular weight excluding hydrogens is 608 g/mol. The van der Waals surface area contributed by atoms with Crippen LogP contribution >= 0.6 is 45.2 Å². The molecule has 0 aliphatic carbocycles. The summed E-state index contributed by atoms with van der Waals surface area (Å²) in [5.41, 5.74) is 1.99. The quantitative estimate of drug-likeness (QED) is 0.342. The second kappa shape index (κ2) is 13.8. The topological polar surface area (TPSA) is 71.7 Å². The Kier molecular flexibility index (Phi) is 13.2. The number of hydrogen-bond donors (Lipinski definition) is 1. The van der Waals surface area contributed by atoms with Crippen LogP contribution in [0.15, 0.2) is 24.3 Å². The lowest BCUT2D eigenvalue weighted by Gasteiger charge is -2.15. The number of hydrogen-bond acceptors (Lipinski definition) is 5. The molecule has 30 heavy (non-hydrogen) atoms. The molecule has 2 rings (SSSR count). The molecule has 0 fully saturated rings. The summed E-state index contributed by atoms with van der Waals surface area (Å²) in [7, 11) is 3.29. The Bertz CT molecular complexity index is 861. The number of nitrogens with zero attached hydrogens (tertiary/aromatic N) is 1. The molecule has 2 aromatic carbocycles. The Balaban J connectivity index is 0.000000553. The monoisotopic (exact) mass is 639 g/mol. The Labute approximate surface area is 208 Å². The number of halogens is 2. The van der Waals surface area contributed by atoms with E-state index in [1.54, 1.807) is 20.3 Å². The Hall–Kier alpha value is -1.41. The molecule has 0 amide bonds. The number of benzene rings is 2. The van der Waals surface area contributed by atoms with E-state index in [0.717, 1.165) is 35.5 Å². The number of phenolic OH excluding ortho intramolecular Hbond substituents is 1. The first kappa shape index (κ1) is 28.6. The van der Waals surface area contributed by atoms with E-state index in [0.29, 0.717) is 17.6 Å². The van der Waals surface area contributed by atoms with Gasteiger partial charge in [0.05, 0.1) is 21.4 Å². The maximum absolute atomic E-state index is 9.62. The summed E-state index contributed by atoms with van der Waals surface area (Å²) in [6, 6.07) is 9.48. The average Bonchev–Trinajstić information content (AvgIpc) is 2.66. The van der Waals surface area contributed by atoms with E-state index < -0.39 is 0 Å². The van der Waals surface area contributed by atoms with Crippen LogP contribution in [-0.2, 0) is 0 Å².